The molecule has 0 fully saturated rings. The van der Waals surface area contributed by atoms with Crippen molar-refractivity contribution in [3.8, 4) is 0 Å². The molecule has 1 aromatic rings. The summed E-state index contributed by atoms with van der Waals surface area (Å²) in [5, 5.41) is 4.08. The summed E-state index contributed by atoms with van der Waals surface area (Å²) in [5.41, 5.74) is 7.13. The molecule has 0 amide bonds. The van der Waals surface area contributed by atoms with Crippen molar-refractivity contribution in [3.63, 3.8) is 0 Å². The molecule has 0 bridgehead atoms. The summed E-state index contributed by atoms with van der Waals surface area (Å²) in [7, 11) is 0. The van der Waals surface area contributed by atoms with Gasteiger partial charge in [-0.1, -0.05) is 27.7 Å². The van der Waals surface area contributed by atoms with Crippen molar-refractivity contribution < 1.29 is 0 Å². The second kappa shape index (κ2) is 7.05. The minimum absolute atomic E-state index is 0.223. The van der Waals surface area contributed by atoms with Gasteiger partial charge in [-0.25, -0.2) is 0 Å². The molecule has 0 heterocycles. The summed E-state index contributed by atoms with van der Waals surface area (Å²) in [6.07, 6.45) is 1.09. The van der Waals surface area contributed by atoms with Crippen LogP contribution in [-0.4, -0.2) is 18.3 Å². The van der Waals surface area contributed by atoms with Crippen LogP contribution in [0.2, 0.25) is 0 Å². The number of rotatable bonds is 7. The number of nitrogens with two attached hydrogens (primary N) is 1. The first-order valence-electron chi connectivity index (χ1n) is 6.63. The molecule has 18 heavy (non-hydrogen) atoms. The highest BCUT2D eigenvalue weighted by Crippen LogP contribution is 2.24. The monoisotopic (exact) mass is 266 g/mol. The third-order valence-electron chi connectivity index (χ3n) is 2.91. The van der Waals surface area contributed by atoms with E-state index in [4.69, 9.17) is 5.73 Å². The van der Waals surface area contributed by atoms with Crippen LogP contribution in [0.25, 0.3) is 0 Å². The second-order valence-corrected chi connectivity index (χ2v) is 7.39. The van der Waals surface area contributed by atoms with Gasteiger partial charge in [-0.15, -0.1) is 11.8 Å². The second-order valence-electron chi connectivity index (χ2n) is 5.74. The fourth-order valence-electron chi connectivity index (χ4n) is 1.57. The molecule has 0 atom stereocenters. The Kier molecular flexibility index (Phi) is 6.03. The van der Waals surface area contributed by atoms with E-state index in [1.165, 1.54) is 10.6 Å². The van der Waals surface area contributed by atoms with Gasteiger partial charge in [0, 0.05) is 22.4 Å². The van der Waals surface area contributed by atoms with Crippen LogP contribution in [0.4, 0.5) is 5.69 Å². The van der Waals surface area contributed by atoms with E-state index >= 15 is 0 Å². The zero-order chi connectivity index (χ0) is 13.6. The van der Waals surface area contributed by atoms with E-state index in [1.54, 1.807) is 0 Å². The van der Waals surface area contributed by atoms with Crippen LogP contribution < -0.4 is 11.1 Å². The van der Waals surface area contributed by atoms with Crippen molar-refractivity contribution in [2.75, 3.05) is 18.4 Å². The zero-order valence-electron chi connectivity index (χ0n) is 12.0. The molecule has 102 valence electrons. The Morgan fingerprint density at radius 2 is 1.83 bits per heavy atom. The predicted octanol–water partition coefficient (Wildman–Crippen LogP) is 3.97. The first kappa shape index (κ1) is 15.4. The molecule has 0 aromatic heterocycles. The number of benzene rings is 1. The summed E-state index contributed by atoms with van der Waals surface area (Å²) in [6.45, 7) is 10.5. The van der Waals surface area contributed by atoms with Crippen molar-refractivity contribution in [1.82, 2.24) is 0 Å². The van der Waals surface area contributed by atoms with Crippen LogP contribution in [0.1, 0.15) is 34.1 Å². The lowest BCUT2D eigenvalue weighted by molar-refractivity contribution is 0.358. The summed E-state index contributed by atoms with van der Waals surface area (Å²) >= 11 is 1.89. The molecule has 0 aliphatic carbocycles. The molecule has 1 rings (SSSR count). The van der Waals surface area contributed by atoms with Gasteiger partial charge in [0.1, 0.15) is 0 Å². The molecule has 0 spiro atoms. The van der Waals surface area contributed by atoms with Crippen LogP contribution in [0, 0.1) is 5.41 Å². The number of hydrogen-bond donors (Lipinski definition) is 2. The molecule has 3 heteroatoms. The van der Waals surface area contributed by atoms with Gasteiger partial charge in [0.15, 0.2) is 0 Å². The zero-order valence-corrected chi connectivity index (χ0v) is 12.8. The van der Waals surface area contributed by atoms with E-state index in [1.807, 2.05) is 11.8 Å². The third kappa shape index (κ3) is 5.78. The highest BCUT2D eigenvalue weighted by Gasteiger charge is 2.14. The lowest BCUT2D eigenvalue weighted by Crippen LogP contribution is -2.26. The van der Waals surface area contributed by atoms with E-state index < -0.39 is 0 Å². The molecule has 2 nitrogen and oxygen atoms in total. The predicted molar refractivity (Wildman–Crippen MR) is 83.4 cm³/mol. The quantitative estimate of drug-likeness (QED) is 0.733. The highest BCUT2D eigenvalue weighted by atomic mass is 32.2. The van der Waals surface area contributed by atoms with Crippen LogP contribution >= 0.6 is 11.8 Å². The van der Waals surface area contributed by atoms with Crippen molar-refractivity contribution in [2.45, 2.75) is 44.3 Å². The normalized spacial score (nSPS) is 11.9. The fourth-order valence-corrected chi connectivity index (χ4v) is 2.41. The van der Waals surface area contributed by atoms with Crippen LogP contribution in [0.5, 0.6) is 0 Å². The maximum Gasteiger partial charge on any atom is 0.0340 e. The third-order valence-corrected chi connectivity index (χ3v) is 3.93. The van der Waals surface area contributed by atoms with Gasteiger partial charge < -0.3 is 11.1 Å². The molecular weight excluding hydrogens is 240 g/mol. The topological polar surface area (TPSA) is 38.0 Å². The van der Waals surface area contributed by atoms with Gasteiger partial charge >= 0.3 is 0 Å². The summed E-state index contributed by atoms with van der Waals surface area (Å²) in [4.78, 5) is 1.33. The molecule has 0 saturated carbocycles. The first-order valence-corrected chi connectivity index (χ1v) is 7.51. The van der Waals surface area contributed by atoms with Crippen molar-refractivity contribution >= 4 is 17.4 Å². The van der Waals surface area contributed by atoms with Crippen LogP contribution in [0.15, 0.2) is 29.2 Å². The smallest absolute Gasteiger partial charge is 0.0340 e. The lowest BCUT2D eigenvalue weighted by atomic mass is 9.90. The summed E-state index contributed by atoms with van der Waals surface area (Å²) in [5.74, 6) is 0. The average Bonchev–Trinajstić information content (AvgIpc) is 2.30. The molecule has 0 saturated heterocycles. The number of anilines is 1. The van der Waals surface area contributed by atoms with E-state index in [-0.39, 0.29) is 5.41 Å². The Labute approximate surface area is 116 Å². The highest BCUT2D eigenvalue weighted by molar-refractivity contribution is 7.99. The molecule has 1 aromatic carbocycles. The van der Waals surface area contributed by atoms with E-state index in [2.05, 4.69) is 57.3 Å². The van der Waals surface area contributed by atoms with Gasteiger partial charge in [0.25, 0.3) is 0 Å². The largest absolute Gasteiger partial charge is 0.385 e. The van der Waals surface area contributed by atoms with Crippen molar-refractivity contribution in [1.29, 1.82) is 0 Å². The Morgan fingerprint density at radius 3 is 2.33 bits per heavy atom. The first-order chi connectivity index (χ1) is 8.43. The van der Waals surface area contributed by atoms with E-state index in [9.17, 15) is 0 Å². The Bertz CT molecular complexity index is 344. The summed E-state index contributed by atoms with van der Waals surface area (Å²) < 4.78 is 0. The van der Waals surface area contributed by atoms with Crippen molar-refractivity contribution in [2.24, 2.45) is 11.1 Å². The number of hydrogen-bond acceptors (Lipinski definition) is 3. The number of thioether (sulfide) groups is 1. The van der Waals surface area contributed by atoms with Gasteiger partial charge in [0.05, 0.1) is 0 Å². The van der Waals surface area contributed by atoms with Gasteiger partial charge in [-0.05, 0) is 42.6 Å². The maximum absolute atomic E-state index is 5.72. The Morgan fingerprint density at radius 1 is 1.22 bits per heavy atom. The maximum atomic E-state index is 5.72. The molecule has 0 aliphatic rings. The molecule has 3 N–H and O–H groups in total. The van der Waals surface area contributed by atoms with Crippen LogP contribution in [-0.2, 0) is 0 Å². The standard InChI is InChI=1S/C15H26N2S/c1-12(2)18-14-7-5-13(6-8-14)17-10-9-15(3,4)11-16/h5-8,12,17H,9-11,16H2,1-4H3. The fraction of sp³-hybridized carbons (Fsp3) is 0.600. The Hall–Kier alpha value is -0.670. The molecule has 0 radical (unpaired) electrons. The average molecular weight is 266 g/mol. The van der Waals surface area contributed by atoms with Gasteiger partial charge in [0.2, 0.25) is 0 Å². The van der Waals surface area contributed by atoms with Crippen molar-refractivity contribution in [3.05, 3.63) is 24.3 Å². The van der Waals surface area contributed by atoms with Crippen LogP contribution in [0.3, 0.4) is 0 Å². The number of nitrogens with one attached hydrogen (secondary N) is 1. The minimum atomic E-state index is 0.223. The molecular formula is C15H26N2S. The summed E-state index contributed by atoms with van der Waals surface area (Å²) in [6, 6.07) is 8.67. The Balaban J connectivity index is 2.40. The van der Waals surface area contributed by atoms with Gasteiger partial charge in [-0.2, -0.15) is 0 Å². The minimum Gasteiger partial charge on any atom is -0.385 e. The molecule has 0 unspecified atom stereocenters. The molecule has 0 aliphatic heterocycles. The van der Waals surface area contributed by atoms with E-state index in [0.717, 1.165) is 19.5 Å². The SMILES string of the molecule is CC(C)Sc1ccc(NCCC(C)(C)CN)cc1. The van der Waals surface area contributed by atoms with E-state index in [0.29, 0.717) is 5.25 Å². The van der Waals surface area contributed by atoms with Gasteiger partial charge in [-0.3, -0.25) is 0 Å². The lowest BCUT2D eigenvalue weighted by Gasteiger charge is -2.22.